The van der Waals surface area contributed by atoms with E-state index in [-0.39, 0.29) is 29.9 Å². The molecule has 1 unspecified atom stereocenters. The molecule has 1 fully saturated rings. The van der Waals surface area contributed by atoms with Crippen molar-refractivity contribution in [2.45, 2.75) is 45.5 Å². The summed E-state index contributed by atoms with van der Waals surface area (Å²) in [4.78, 5) is 20.3. The van der Waals surface area contributed by atoms with Gasteiger partial charge in [-0.1, -0.05) is 39.0 Å². The number of halogens is 1. The minimum absolute atomic E-state index is 0.00471. The number of anilines is 1. The van der Waals surface area contributed by atoms with E-state index < -0.39 is 9.04 Å². The smallest absolute Gasteiger partial charge is 0.242 e. The monoisotopic (exact) mass is 415 g/mol. The summed E-state index contributed by atoms with van der Waals surface area (Å²) in [6, 6.07) is 9.17. The molecule has 7 heteroatoms. The number of piperazine rings is 1. The fraction of sp³-hybridized carbons (Fsp3) is 0.455. The van der Waals surface area contributed by atoms with E-state index in [1.54, 1.807) is 29.4 Å². The number of benzene rings is 1. The average Bonchev–Trinajstić information content (AvgIpc) is 2.68. The molecular weight excluding hydrogens is 385 g/mol. The highest BCUT2D eigenvalue weighted by Crippen LogP contribution is 2.29. The van der Waals surface area contributed by atoms with Crippen molar-refractivity contribution in [2.75, 3.05) is 24.5 Å². The fourth-order valence-corrected chi connectivity index (χ4v) is 4.11. The van der Waals surface area contributed by atoms with Gasteiger partial charge in [0.05, 0.1) is 18.8 Å². The second kappa shape index (κ2) is 9.05. The van der Waals surface area contributed by atoms with Crippen LogP contribution in [0.1, 0.15) is 31.9 Å². The third-order valence-electron chi connectivity index (χ3n) is 5.52. The zero-order valence-electron chi connectivity index (χ0n) is 17.7. The molecule has 5 nitrogen and oxygen atoms in total. The minimum atomic E-state index is -1.43. The van der Waals surface area contributed by atoms with Gasteiger partial charge in [0.1, 0.15) is 0 Å². The Labute approximate surface area is 174 Å². The lowest BCUT2D eigenvalue weighted by Gasteiger charge is -2.36. The zero-order chi connectivity index (χ0) is 21.0. The summed E-state index contributed by atoms with van der Waals surface area (Å²) in [6.07, 6.45) is 3.48. The Balaban J connectivity index is 1.65. The van der Waals surface area contributed by atoms with Crippen molar-refractivity contribution in [3.8, 4) is 0 Å². The van der Waals surface area contributed by atoms with E-state index in [0.717, 1.165) is 5.56 Å². The van der Waals surface area contributed by atoms with Crippen LogP contribution < -0.4 is 4.90 Å². The Bertz CT molecular complexity index is 842. The average molecular weight is 416 g/mol. The van der Waals surface area contributed by atoms with Gasteiger partial charge in [-0.25, -0.2) is 4.39 Å². The minimum Gasteiger partial charge on any atom is -0.415 e. The Kier molecular flexibility index (Phi) is 6.69. The van der Waals surface area contributed by atoms with Crippen molar-refractivity contribution in [2.24, 2.45) is 0 Å². The number of nitrogens with zero attached hydrogens (tertiary/aromatic N) is 3. The van der Waals surface area contributed by atoms with Gasteiger partial charge in [-0.3, -0.25) is 9.78 Å². The molecule has 1 aromatic heterocycles. The van der Waals surface area contributed by atoms with Gasteiger partial charge in [0.2, 0.25) is 5.91 Å². The first-order chi connectivity index (χ1) is 13.8. The lowest BCUT2D eigenvalue weighted by molar-refractivity contribution is -0.131. The number of aromatic nitrogens is 1. The molecule has 1 aliphatic rings. The number of amides is 1. The lowest BCUT2D eigenvalue weighted by atomic mass is 10.1. The highest BCUT2D eigenvalue weighted by atomic mass is 28.3. The molecule has 0 N–H and O–H groups in total. The van der Waals surface area contributed by atoms with Crippen molar-refractivity contribution in [3.05, 3.63) is 59.7 Å². The second-order valence-electron chi connectivity index (χ2n) is 8.67. The van der Waals surface area contributed by atoms with E-state index >= 15 is 4.39 Å². The topological polar surface area (TPSA) is 45.7 Å². The summed E-state index contributed by atoms with van der Waals surface area (Å²) in [5.41, 5.74) is 2.03. The van der Waals surface area contributed by atoms with Crippen LogP contribution in [0.15, 0.2) is 42.7 Å². The number of hydrogen-bond acceptors (Lipinski definition) is 4. The van der Waals surface area contributed by atoms with Crippen molar-refractivity contribution in [1.82, 2.24) is 9.88 Å². The van der Waals surface area contributed by atoms with Crippen molar-refractivity contribution >= 4 is 20.6 Å². The molecule has 0 aliphatic carbocycles. The summed E-state index contributed by atoms with van der Waals surface area (Å²) >= 11 is 0. The second-order valence-corrected chi connectivity index (χ2v) is 12.0. The third-order valence-corrected chi connectivity index (χ3v) is 8.63. The summed E-state index contributed by atoms with van der Waals surface area (Å²) in [5, 5.41) is 0.130. The first-order valence-corrected chi connectivity index (χ1v) is 12.3. The van der Waals surface area contributed by atoms with Crippen LogP contribution in [0.5, 0.6) is 0 Å². The Morgan fingerprint density at radius 3 is 2.66 bits per heavy atom. The van der Waals surface area contributed by atoms with Crippen molar-refractivity contribution in [1.29, 1.82) is 0 Å². The number of carbonyl (C=O) groups excluding carboxylic acids is 1. The number of pyridine rings is 1. The molecule has 0 bridgehead atoms. The Morgan fingerprint density at radius 2 is 2.00 bits per heavy atom. The highest BCUT2D eigenvalue weighted by Gasteiger charge is 2.27. The lowest BCUT2D eigenvalue weighted by Crippen LogP contribution is -2.50. The first kappa shape index (κ1) is 21.5. The van der Waals surface area contributed by atoms with E-state index in [9.17, 15) is 4.79 Å². The van der Waals surface area contributed by atoms with Crippen LogP contribution in [0.25, 0.3) is 0 Å². The van der Waals surface area contributed by atoms with Gasteiger partial charge in [-0.15, -0.1) is 0 Å². The molecule has 3 rings (SSSR count). The SMILES string of the molecule is C[SiH](OCc1cccc(N2CCN(Cc3cccnc3)C(=O)C2)c1F)C(C)(C)C. The summed E-state index contributed by atoms with van der Waals surface area (Å²) < 4.78 is 21.2. The number of rotatable bonds is 6. The maximum atomic E-state index is 15.1. The Morgan fingerprint density at radius 1 is 1.21 bits per heavy atom. The molecule has 2 aromatic rings. The van der Waals surface area contributed by atoms with Crippen LogP contribution in [0.4, 0.5) is 10.1 Å². The predicted octanol–water partition coefficient (Wildman–Crippen LogP) is 3.74. The summed E-state index contributed by atoms with van der Waals surface area (Å²) in [6.45, 7) is 10.8. The predicted molar refractivity (Wildman–Crippen MR) is 116 cm³/mol. The van der Waals surface area contributed by atoms with Gasteiger partial charge < -0.3 is 14.2 Å². The van der Waals surface area contributed by atoms with Crippen LogP contribution in [0.2, 0.25) is 11.6 Å². The van der Waals surface area contributed by atoms with Crippen LogP contribution >= 0.6 is 0 Å². The maximum Gasteiger partial charge on any atom is 0.242 e. The molecule has 1 aromatic carbocycles. The maximum absolute atomic E-state index is 15.1. The standard InChI is InChI=1S/C22H30FN3O2Si/c1-22(2,3)29(4)28-16-18-8-5-9-19(21(18)23)25-11-12-26(20(27)15-25)14-17-7-6-10-24-13-17/h5-10,13,29H,11-12,14-16H2,1-4H3. The summed E-state index contributed by atoms with van der Waals surface area (Å²) in [5.74, 6) is -0.286. The van der Waals surface area contributed by atoms with Gasteiger partial charge in [0.25, 0.3) is 0 Å². The molecule has 0 radical (unpaired) electrons. The normalized spacial score (nSPS) is 16.2. The van der Waals surface area contributed by atoms with E-state index in [2.05, 4.69) is 32.3 Å². The molecule has 1 amide bonds. The molecule has 2 heterocycles. The van der Waals surface area contributed by atoms with E-state index in [0.29, 0.717) is 30.9 Å². The van der Waals surface area contributed by atoms with Crippen LogP contribution in [0, 0.1) is 5.82 Å². The van der Waals surface area contributed by atoms with Crippen LogP contribution in [0.3, 0.4) is 0 Å². The van der Waals surface area contributed by atoms with Gasteiger partial charge in [-0.2, -0.15) is 0 Å². The van der Waals surface area contributed by atoms with Crippen molar-refractivity contribution in [3.63, 3.8) is 0 Å². The quantitative estimate of drug-likeness (QED) is 0.675. The van der Waals surface area contributed by atoms with Gasteiger partial charge in [0, 0.05) is 37.6 Å². The Hall–Kier alpha value is -2.25. The van der Waals surface area contributed by atoms with E-state index in [4.69, 9.17) is 4.43 Å². The number of hydrogen-bond donors (Lipinski definition) is 0. The largest absolute Gasteiger partial charge is 0.415 e. The molecule has 29 heavy (non-hydrogen) atoms. The molecule has 1 atom stereocenters. The van der Waals surface area contributed by atoms with Gasteiger partial charge in [0.15, 0.2) is 14.9 Å². The van der Waals surface area contributed by atoms with Gasteiger partial charge >= 0.3 is 0 Å². The van der Waals surface area contributed by atoms with Crippen LogP contribution in [-0.4, -0.2) is 44.5 Å². The fourth-order valence-electron chi connectivity index (χ4n) is 3.18. The van der Waals surface area contributed by atoms with Gasteiger partial charge in [-0.05, 0) is 29.3 Å². The van der Waals surface area contributed by atoms with Crippen LogP contribution in [-0.2, 0) is 22.4 Å². The highest BCUT2D eigenvalue weighted by molar-refractivity contribution is 6.53. The molecule has 1 saturated heterocycles. The third kappa shape index (κ3) is 5.42. The molecular formula is C22H30FN3O2Si. The van der Waals surface area contributed by atoms with Crippen molar-refractivity contribution < 1.29 is 13.6 Å². The first-order valence-electron chi connectivity index (χ1n) is 10.1. The molecule has 1 aliphatic heterocycles. The van der Waals surface area contributed by atoms with E-state index in [1.807, 2.05) is 23.1 Å². The molecule has 156 valence electrons. The summed E-state index contributed by atoms with van der Waals surface area (Å²) in [7, 11) is -1.43. The molecule has 0 spiro atoms. The molecule has 0 saturated carbocycles. The van der Waals surface area contributed by atoms with E-state index in [1.165, 1.54) is 0 Å². The number of carbonyl (C=O) groups is 1. The zero-order valence-corrected chi connectivity index (χ0v) is 18.8.